The molecule has 2 amide bonds. The Balaban J connectivity index is 2.98. The Kier molecular flexibility index (Phi) is 3.78. The molecule has 0 fully saturated rings. The summed E-state index contributed by atoms with van der Waals surface area (Å²) < 4.78 is 0. The SMILES string of the molecule is CC(C)(C)C(=O)Nc1ccc(Cl)c(C(N)=O)c1. The van der Waals surface area contributed by atoms with Crippen LogP contribution < -0.4 is 11.1 Å². The molecule has 0 unspecified atom stereocenters. The van der Waals surface area contributed by atoms with Gasteiger partial charge in [-0.25, -0.2) is 0 Å². The summed E-state index contributed by atoms with van der Waals surface area (Å²) in [6.07, 6.45) is 0. The molecule has 0 aliphatic heterocycles. The first-order valence-electron chi connectivity index (χ1n) is 5.12. The van der Waals surface area contributed by atoms with Crippen molar-refractivity contribution in [2.24, 2.45) is 11.1 Å². The maximum atomic E-state index is 11.7. The number of hydrogen-bond donors (Lipinski definition) is 2. The minimum atomic E-state index is -0.623. The molecular weight excluding hydrogens is 240 g/mol. The van der Waals surface area contributed by atoms with E-state index in [4.69, 9.17) is 17.3 Å². The van der Waals surface area contributed by atoms with Gasteiger partial charge >= 0.3 is 0 Å². The Hall–Kier alpha value is -1.55. The maximum Gasteiger partial charge on any atom is 0.250 e. The summed E-state index contributed by atoms with van der Waals surface area (Å²) in [5, 5.41) is 2.97. The van der Waals surface area contributed by atoms with E-state index in [9.17, 15) is 9.59 Å². The molecule has 0 spiro atoms. The lowest BCUT2D eigenvalue weighted by molar-refractivity contribution is -0.123. The Bertz CT molecular complexity index is 464. The quantitative estimate of drug-likeness (QED) is 0.851. The van der Waals surface area contributed by atoms with E-state index in [1.807, 2.05) is 0 Å². The van der Waals surface area contributed by atoms with Crippen molar-refractivity contribution in [2.45, 2.75) is 20.8 Å². The zero-order chi connectivity index (χ0) is 13.2. The second-order valence-corrected chi connectivity index (χ2v) is 5.17. The minimum Gasteiger partial charge on any atom is -0.366 e. The van der Waals surface area contributed by atoms with Gasteiger partial charge in [-0.2, -0.15) is 0 Å². The molecule has 0 heterocycles. The number of rotatable bonds is 2. The van der Waals surface area contributed by atoms with Crippen LogP contribution in [0, 0.1) is 5.41 Å². The third-order valence-corrected chi connectivity index (χ3v) is 2.50. The van der Waals surface area contributed by atoms with E-state index in [0.29, 0.717) is 5.69 Å². The number of anilines is 1. The van der Waals surface area contributed by atoms with Crippen LogP contribution in [0.2, 0.25) is 5.02 Å². The van der Waals surface area contributed by atoms with Crippen LogP contribution in [0.25, 0.3) is 0 Å². The van der Waals surface area contributed by atoms with E-state index in [0.717, 1.165) is 0 Å². The molecule has 0 aliphatic rings. The van der Waals surface area contributed by atoms with Crippen molar-refractivity contribution in [3.63, 3.8) is 0 Å². The molecule has 1 aromatic carbocycles. The van der Waals surface area contributed by atoms with E-state index >= 15 is 0 Å². The van der Waals surface area contributed by atoms with Gasteiger partial charge in [-0.05, 0) is 18.2 Å². The van der Waals surface area contributed by atoms with Gasteiger partial charge in [-0.3, -0.25) is 9.59 Å². The number of hydrogen-bond acceptors (Lipinski definition) is 2. The molecule has 5 heteroatoms. The molecule has 17 heavy (non-hydrogen) atoms. The molecular formula is C12H15ClN2O2. The predicted molar refractivity (Wildman–Crippen MR) is 68.1 cm³/mol. The van der Waals surface area contributed by atoms with Gasteiger partial charge < -0.3 is 11.1 Å². The molecule has 0 saturated heterocycles. The number of nitrogens with two attached hydrogens (primary N) is 1. The van der Waals surface area contributed by atoms with E-state index < -0.39 is 11.3 Å². The standard InChI is InChI=1S/C12H15ClN2O2/c1-12(2,3)11(17)15-7-4-5-9(13)8(6-7)10(14)16/h4-6H,1-3H3,(H2,14,16)(H,15,17). The molecule has 92 valence electrons. The number of amides is 2. The normalized spacial score (nSPS) is 11.1. The van der Waals surface area contributed by atoms with Crippen LogP contribution in [-0.2, 0) is 4.79 Å². The van der Waals surface area contributed by atoms with E-state index in [-0.39, 0.29) is 16.5 Å². The summed E-state index contributed by atoms with van der Waals surface area (Å²) in [7, 11) is 0. The zero-order valence-electron chi connectivity index (χ0n) is 10.0. The Morgan fingerprint density at radius 3 is 2.35 bits per heavy atom. The summed E-state index contributed by atoms with van der Waals surface area (Å²) >= 11 is 5.80. The van der Waals surface area contributed by atoms with Gasteiger partial charge in [0.1, 0.15) is 0 Å². The molecule has 0 bridgehead atoms. The van der Waals surface area contributed by atoms with Crippen molar-refractivity contribution in [1.29, 1.82) is 0 Å². The lowest BCUT2D eigenvalue weighted by atomic mass is 9.95. The molecule has 0 radical (unpaired) electrons. The molecule has 0 saturated carbocycles. The lowest BCUT2D eigenvalue weighted by Crippen LogP contribution is -2.27. The number of benzene rings is 1. The molecule has 1 rings (SSSR count). The minimum absolute atomic E-state index is 0.143. The first-order valence-corrected chi connectivity index (χ1v) is 5.50. The summed E-state index contributed by atoms with van der Waals surface area (Å²) in [6, 6.07) is 4.62. The van der Waals surface area contributed by atoms with Crippen molar-refractivity contribution in [3.8, 4) is 0 Å². The zero-order valence-corrected chi connectivity index (χ0v) is 10.8. The van der Waals surface area contributed by atoms with Crippen LogP contribution in [-0.4, -0.2) is 11.8 Å². The summed E-state index contributed by atoms with van der Waals surface area (Å²) in [4.78, 5) is 22.8. The number of primary amides is 1. The Morgan fingerprint density at radius 1 is 1.29 bits per heavy atom. The van der Waals surface area contributed by atoms with Gasteiger partial charge in [0.25, 0.3) is 0 Å². The summed E-state index contributed by atoms with van der Waals surface area (Å²) in [5.41, 5.74) is 5.35. The van der Waals surface area contributed by atoms with Crippen LogP contribution in [0.15, 0.2) is 18.2 Å². The molecule has 0 atom stereocenters. The van der Waals surface area contributed by atoms with Gasteiger partial charge in [-0.1, -0.05) is 32.4 Å². The van der Waals surface area contributed by atoms with Crippen molar-refractivity contribution in [1.82, 2.24) is 0 Å². The topological polar surface area (TPSA) is 72.2 Å². The van der Waals surface area contributed by atoms with E-state index in [1.54, 1.807) is 26.8 Å². The average molecular weight is 255 g/mol. The smallest absolute Gasteiger partial charge is 0.250 e. The van der Waals surface area contributed by atoms with Crippen molar-refractivity contribution in [3.05, 3.63) is 28.8 Å². The highest BCUT2D eigenvalue weighted by Crippen LogP contribution is 2.22. The lowest BCUT2D eigenvalue weighted by Gasteiger charge is -2.18. The predicted octanol–water partition coefficient (Wildman–Crippen LogP) is 2.42. The number of carbonyl (C=O) groups excluding carboxylic acids is 2. The number of nitrogens with one attached hydrogen (secondary N) is 1. The highest BCUT2D eigenvalue weighted by Gasteiger charge is 2.21. The first kappa shape index (κ1) is 13.5. The van der Waals surface area contributed by atoms with Crippen LogP contribution >= 0.6 is 11.6 Å². The largest absolute Gasteiger partial charge is 0.366 e. The van der Waals surface area contributed by atoms with E-state index in [1.165, 1.54) is 12.1 Å². The van der Waals surface area contributed by atoms with Gasteiger partial charge in [0, 0.05) is 11.1 Å². The summed E-state index contributed by atoms with van der Waals surface area (Å²) in [5.74, 6) is -0.767. The highest BCUT2D eigenvalue weighted by atomic mass is 35.5. The fourth-order valence-corrected chi connectivity index (χ4v) is 1.32. The van der Waals surface area contributed by atoms with Crippen molar-refractivity contribution >= 4 is 29.1 Å². The van der Waals surface area contributed by atoms with Crippen LogP contribution in [0.3, 0.4) is 0 Å². The van der Waals surface area contributed by atoms with Crippen LogP contribution in [0.1, 0.15) is 31.1 Å². The molecule has 0 aromatic heterocycles. The average Bonchev–Trinajstić information content (AvgIpc) is 2.19. The molecule has 1 aromatic rings. The van der Waals surface area contributed by atoms with E-state index in [2.05, 4.69) is 5.32 Å². The monoisotopic (exact) mass is 254 g/mol. The Morgan fingerprint density at radius 2 is 1.88 bits per heavy atom. The second kappa shape index (κ2) is 4.75. The fraction of sp³-hybridized carbons (Fsp3) is 0.333. The van der Waals surface area contributed by atoms with Gasteiger partial charge in [0.2, 0.25) is 11.8 Å². The Labute approximate surface area is 105 Å². The van der Waals surface area contributed by atoms with Gasteiger partial charge in [0.15, 0.2) is 0 Å². The molecule has 0 aliphatic carbocycles. The third kappa shape index (κ3) is 3.46. The molecule has 3 N–H and O–H groups in total. The van der Waals surface area contributed by atoms with Crippen LogP contribution in [0.4, 0.5) is 5.69 Å². The molecule has 4 nitrogen and oxygen atoms in total. The van der Waals surface area contributed by atoms with Crippen molar-refractivity contribution < 1.29 is 9.59 Å². The number of carbonyl (C=O) groups is 2. The fourth-order valence-electron chi connectivity index (χ4n) is 1.11. The van der Waals surface area contributed by atoms with Crippen molar-refractivity contribution in [2.75, 3.05) is 5.32 Å². The van der Waals surface area contributed by atoms with Gasteiger partial charge in [-0.15, -0.1) is 0 Å². The maximum absolute atomic E-state index is 11.7. The third-order valence-electron chi connectivity index (χ3n) is 2.17. The second-order valence-electron chi connectivity index (χ2n) is 4.76. The number of halogens is 1. The highest BCUT2D eigenvalue weighted by molar-refractivity contribution is 6.34. The first-order chi connectivity index (χ1) is 7.71. The van der Waals surface area contributed by atoms with Crippen LogP contribution in [0.5, 0.6) is 0 Å². The summed E-state index contributed by atoms with van der Waals surface area (Å²) in [6.45, 7) is 5.40. The van der Waals surface area contributed by atoms with Gasteiger partial charge in [0.05, 0.1) is 10.6 Å².